The second-order valence-corrected chi connectivity index (χ2v) is 5.21. The zero-order chi connectivity index (χ0) is 12.4. The van der Waals surface area contributed by atoms with Gasteiger partial charge in [-0.2, -0.15) is 0 Å². The van der Waals surface area contributed by atoms with Crippen LogP contribution in [0.3, 0.4) is 0 Å². The van der Waals surface area contributed by atoms with Gasteiger partial charge >= 0.3 is 0 Å². The van der Waals surface area contributed by atoms with Gasteiger partial charge in [0.05, 0.1) is 6.10 Å². The van der Waals surface area contributed by atoms with Crippen molar-refractivity contribution in [3.8, 4) is 0 Å². The van der Waals surface area contributed by atoms with Gasteiger partial charge in [-0.15, -0.1) is 0 Å². The van der Waals surface area contributed by atoms with Crippen LogP contribution in [0.5, 0.6) is 0 Å². The predicted molar refractivity (Wildman–Crippen MR) is 74.5 cm³/mol. The monoisotopic (exact) mass is 241 g/mol. The van der Waals surface area contributed by atoms with Crippen LogP contribution in [0.15, 0.2) is 42.5 Å². The summed E-state index contributed by atoms with van der Waals surface area (Å²) < 4.78 is 0. The Balaban J connectivity index is 1.78. The maximum absolute atomic E-state index is 9.69. The highest BCUT2D eigenvalue weighted by molar-refractivity contribution is 5.82. The lowest BCUT2D eigenvalue weighted by Gasteiger charge is -2.30. The molecule has 1 N–H and O–H groups in total. The van der Waals surface area contributed by atoms with Crippen LogP contribution in [0.4, 0.5) is 0 Å². The molecule has 0 spiro atoms. The minimum atomic E-state index is -0.140. The van der Waals surface area contributed by atoms with Crippen molar-refractivity contribution in [1.82, 2.24) is 4.90 Å². The average Bonchev–Trinajstić information content (AvgIpc) is 2.39. The second-order valence-electron chi connectivity index (χ2n) is 5.21. The van der Waals surface area contributed by atoms with Crippen LogP contribution in [0, 0.1) is 0 Å². The Morgan fingerprint density at radius 1 is 1.11 bits per heavy atom. The fourth-order valence-corrected chi connectivity index (χ4v) is 2.77. The molecule has 1 saturated heterocycles. The number of nitrogens with zero attached hydrogens (tertiary/aromatic N) is 1. The maximum atomic E-state index is 9.69. The van der Waals surface area contributed by atoms with Crippen LogP contribution in [-0.4, -0.2) is 29.2 Å². The molecule has 2 nitrogen and oxygen atoms in total. The maximum Gasteiger partial charge on any atom is 0.0667 e. The van der Waals surface area contributed by atoms with Gasteiger partial charge in [0, 0.05) is 13.1 Å². The zero-order valence-corrected chi connectivity index (χ0v) is 10.5. The normalized spacial score (nSPS) is 21.3. The van der Waals surface area contributed by atoms with Crippen molar-refractivity contribution >= 4 is 10.8 Å². The molecule has 2 aromatic carbocycles. The number of rotatable bonds is 2. The number of likely N-dealkylation sites (tertiary alicyclic amines) is 1. The van der Waals surface area contributed by atoms with Gasteiger partial charge in [0.2, 0.25) is 0 Å². The fraction of sp³-hybridized carbons (Fsp3) is 0.375. The van der Waals surface area contributed by atoms with Crippen molar-refractivity contribution < 1.29 is 5.11 Å². The van der Waals surface area contributed by atoms with Crippen molar-refractivity contribution in [2.75, 3.05) is 13.1 Å². The summed E-state index contributed by atoms with van der Waals surface area (Å²) in [5, 5.41) is 12.3. The van der Waals surface area contributed by atoms with Crippen LogP contribution >= 0.6 is 0 Å². The summed E-state index contributed by atoms with van der Waals surface area (Å²) in [6, 6.07) is 15.1. The molecule has 0 aliphatic carbocycles. The minimum absolute atomic E-state index is 0.140. The Morgan fingerprint density at radius 3 is 2.78 bits per heavy atom. The Morgan fingerprint density at radius 2 is 1.94 bits per heavy atom. The van der Waals surface area contributed by atoms with E-state index in [9.17, 15) is 5.11 Å². The molecule has 1 aliphatic heterocycles. The molecule has 0 aromatic heterocycles. The first-order valence-corrected chi connectivity index (χ1v) is 6.69. The second kappa shape index (κ2) is 5.09. The topological polar surface area (TPSA) is 23.5 Å². The van der Waals surface area contributed by atoms with Gasteiger partial charge in [-0.3, -0.25) is 4.90 Å². The summed E-state index contributed by atoms with van der Waals surface area (Å²) in [6.07, 6.45) is 1.92. The van der Waals surface area contributed by atoms with Gasteiger partial charge in [-0.05, 0) is 41.8 Å². The van der Waals surface area contributed by atoms with E-state index < -0.39 is 0 Å². The number of hydrogen-bond donors (Lipinski definition) is 1. The summed E-state index contributed by atoms with van der Waals surface area (Å²) in [7, 11) is 0. The lowest BCUT2D eigenvalue weighted by Crippen LogP contribution is -2.37. The van der Waals surface area contributed by atoms with Crippen LogP contribution in [0.1, 0.15) is 18.4 Å². The van der Waals surface area contributed by atoms with Crippen LogP contribution < -0.4 is 0 Å². The number of β-amino-alcohol motifs (C(OH)–C–C–N with tert-alkyl or cyclic N) is 1. The van der Waals surface area contributed by atoms with Crippen LogP contribution in [0.2, 0.25) is 0 Å². The fourth-order valence-electron chi connectivity index (χ4n) is 2.77. The molecule has 1 atom stereocenters. The Kier molecular flexibility index (Phi) is 3.31. The van der Waals surface area contributed by atoms with Crippen molar-refractivity contribution in [3.63, 3.8) is 0 Å². The van der Waals surface area contributed by atoms with Crippen LogP contribution in [-0.2, 0) is 6.54 Å². The molecule has 0 bridgehead atoms. The number of fused-ring (bicyclic) bond motifs is 1. The lowest BCUT2D eigenvalue weighted by atomic mass is 10.0. The Labute approximate surface area is 108 Å². The molecule has 0 radical (unpaired) electrons. The molecule has 18 heavy (non-hydrogen) atoms. The Bertz CT molecular complexity index is 537. The highest BCUT2D eigenvalue weighted by Gasteiger charge is 2.17. The first-order chi connectivity index (χ1) is 8.81. The molecule has 2 aromatic rings. The highest BCUT2D eigenvalue weighted by Crippen LogP contribution is 2.18. The summed E-state index contributed by atoms with van der Waals surface area (Å²) in [5.74, 6) is 0. The van der Waals surface area contributed by atoms with E-state index in [0.717, 1.165) is 32.5 Å². The van der Waals surface area contributed by atoms with E-state index in [1.54, 1.807) is 0 Å². The summed E-state index contributed by atoms with van der Waals surface area (Å²) in [6.45, 7) is 2.86. The number of hydrogen-bond acceptors (Lipinski definition) is 2. The molecule has 1 heterocycles. The third-order valence-corrected chi connectivity index (χ3v) is 3.70. The largest absolute Gasteiger partial charge is 0.392 e. The van der Waals surface area contributed by atoms with E-state index in [1.807, 2.05) is 0 Å². The van der Waals surface area contributed by atoms with E-state index in [0.29, 0.717) is 0 Å². The molecular weight excluding hydrogens is 222 g/mol. The van der Waals surface area contributed by atoms with Crippen molar-refractivity contribution in [2.24, 2.45) is 0 Å². The number of aliphatic hydroxyl groups is 1. The highest BCUT2D eigenvalue weighted by atomic mass is 16.3. The van der Waals surface area contributed by atoms with Crippen LogP contribution in [0.25, 0.3) is 10.8 Å². The summed E-state index contributed by atoms with van der Waals surface area (Å²) in [5.41, 5.74) is 1.34. The van der Waals surface area contributed by atoms with E-state index in [-0.39, 0.29) is 6.10 Å². The molecular formula is C16H19NO. The van der Waals surface area contributed by atoms with Crippen molar-refractivity contribution in [3.05, 3.63) is 48.0 Å². The van der Waals surface area contributed by atoms with E-state index >= 15 is 0 Å². The van der Waals surface area contributed by atoms with Crippen molar-refractivity contribution in [2.45, 2.75) is 25.5 Å². The summed E-state index contributed by atoms with van der Waals surface area (Å²) in [4.78, 5) is 2.35. The molecule has 3 rings (SSSR count). The van der Waals surface area contributed by atoms with E-state index in [1.165, 1.54) is 16.3 Å². The molecule has 1 unspecified atom stereocenters. The number of aliphatic hydroxyl groups excluding tert-OH is 1. The first kappa shape index (κ1) is 11.7. The van der Waals surface area contributed by atoms with Gasteiger partial charge in [-0.1, -0.05) is 36.4 Å². The van der Waals surface area contributed by atoms with E-state index in [2.05, 4.69) is 47.4 Å². The van der Waals surface area contributed by atoms with Gasteiger partial charge < -0.3 is 5.11 Å². The van der Waals surface area contributed by atoms with Gasteiger partial charge in [-0.25, -0.2) is 0 Å². The zero-order valence-electron chi connectivity index (χ0n) is 10.5. The molecule has 1 fully saturated rings. The molecule has 2 heteroatoms. The van der Waals surface area contributed by atoms with E-state index in [4.69, 9.17) is 0 Å². The predicted octanol–water partition coefficient (Wildman–Crippen LogP) is 2.80. The lowest BCUT2D eigenvalue weighted by molar-refractivity contribution is 0.0668. The third-order valence-electron chi connectivity index (χ3n) is 3.70. The SMILES string of the molecule is OC1CCCN(Cc2ccc3ccccc3c2)C1. The first-order valence-electron chi connectivity index (χ1n) is 6.69. The number of benzene rings is 2. The minimum Gasteiger partial charge on any atom is -0.392 e. The average molecular weight is 241 g/mol. The van der Waals surface area contributed by atoms with Gasteiger partial charge in [0.25, 0.3) is 0 Å². The smallest absolute Gasteiger partial charge is 0.0667 e. The molecule has 0 saturated carbocycles. The third kappa shape index (κ3) is 2.55. The quantitative estimate of drug-likeness (QED) is 0.874. The van der Waals surface area contributed by atoms with Crippen molar-refractivity contribution in [1.29, 1.82) is 0 Å². The Hall–Kier alpha value is -1.38. The van der Waals surface area contributed by atoms with Gasteiger partial charge in [0.1, 0.15) is 0 Å². The standard InChI is InChI=1S/C16H19NO/c18-16-6-3-9-17(12-16)11-13-7-8-14-4-1-2-5-15(14)10-13/h1-2,4-5,7-8,10,16,18H,3,6,9,11-12H2. The molecule has 1 aliphatic rings. The molecule has 0 amide bonds. The summed E-state index contributed by atoms with van der Waals surface area (Å²) >= 11 is 0. The molecule has 94 valence electrons. The van der Waals surface area contributed by atoms with Gasteiger partial charge in [0.15, 0.2) is 0 Å². The number of piperidine rings is 1.